The molecule has 0 bridgehead atoms. The fourth-order valence-electron chi connectivity index (χ4n) is 5.58. The third-order valence-corrected chi connectivity index (χ3v) is 7.72. The standard InChI is InChI=1S/C26H34N6O2/c1-31(26(33)34)23-13-7-18(8-14-23)17-32-24-21(16-28-32)15-27-25(30-24)29-22-11-9-20(10-12-22)19-5-3-2-4-6-19/h9-12,15-16,18-19,23H,2-8,13-14,17H2,1H3,(H,33,34)(H,27,29,30)/t18-,23-. The van der Waals surface area contributed by atoms with Crippen LogP contribution in [0.3, 0.4) is 0 Å². The molecule has 34 heavy (non-hydrogen) atoms. The van der Waals surface area contributed by atoms with E-state index < -0.39 is 6.09 Å². The zero-order valence-electron chi connectivity index (χ0n) is 19.9. The Balaban J connectivity index is 1.23. The van der Waals surface area contributed by atoms with Crippen LogP contribution in [0, 0.1) is 5.92 Å². The molecular formula is C26H34N6O2. The number of aromatic nitrogens is 4. The first kappa shape index (κ1) is 22.6. The van der Waals surface area contributed by atoms with Crippen LogP contribution in [-0.2, 0) is 6.54 Å². The van der Waals surface area contributed by atoms with Crippen LogP contribution in [0.1, 0.15) is 69.3 Å². The van der Waals surface area contributed by atoms with E-state index in [9.17, 15) is 9.90 Å². The van der Waals surface area contributed by atoms with Crippen LogP contribution < -0.4 is 5.32 Å². The van der Waals surface area contributed by atoms with Crippen molar-refractivity contribution in [1.29, 1.82) is 0 Å². The van der Waals surface area contributed by atoms with Gasteiger partial charge in [-0.15, -0.1) is 0 Å². The van der Waals surface area contributed by atoms with Crippen LogP contribution in [0.2, 0.25) is 0 Å². The Morgan fingerprint density at radius 2 is 1.79 bits per heavy atom. The number of nitrogens with one attached hydrogen (secondary N) is 1. The van der Waals surface area contributed by atoms with E-state index >= 15 is 0 Å². The lowest BCUT2D eigenvalue weighted by Crippen LogP contribution is -2.39. The summed E-state index contributed by atoms with van der Waals surface area (Å²) in [6.07, 6.45) is 13.2. The van der Waals surface area contributed by atoms with Gasteiger partial charge in [0.2, 0.25) is 5.95 Å². The molecule has 8 heteroatoms. The van der Waals surface area contributed by atoms with E-state index in [4.69, 9.17) is 4.98 Å². The van der Waals surface area contributed by atoms with Crippen molar-refractivity contribution < 1.29 is 9.90 Å². The van der Waals surface area contributed by atoms with Crippen LogP contribution in [0.15, 0.2) is 36.7 Å². The topological polar surface area (TPSA) is 96.2 Å². The van der Waals surface area contributed by atoms with Gasteiger partial charge in [0.05, 0.1) is 11.6 Å². The van der Waals surface area contributed by atoms with Crippen LogP contribution in [0.25, 0.3) is 11.0 Å². The predicted octanol–water partition coefficient (Wildman–Crippen LogP) is 5.79. The summed E-state index contributed by atoms with van der Waals surface area (Å²) in [6, 6.07) is 8.84. The first-order valence-corrected chi connectivity index (χ1v) is 12.6. The van der Waals surface area contributed by atoms with E-state index in [1.54, 1.807) is 7.05 Å². The average molecular weight is 463 g/mol. The highest BCUT2D eigenvalue weighted by atomic mass is 16.4. The van der Waals surface area contributed by atoms with E-state index in [1.807, 2.05) is 17.1 Å². The first-order valence-electron chi connectivity index (χ1n) is 12.6. The fourth-order valence-corrected chi connectivity index (χ4v) is 5.58. The van der Waals surface area contributed by atoms with Crippen molar-refractivity contribution in [1.82, 2.24) is 24.6 Å². The smallest absolute Gasteiger partial charge is 0.407 e. The van der Waals surface area contributed by atoms with Crippen molar-refractivity contribution in [3.63, 3.8) is 0 Å². The molecule has 0 saturated heterocycles. The van der Waals surface area contributed by atoms with Gasteiger partial charge in [0, 0.05) is 31.5 Å². The number of nitrogens with zero attached hydrogens (tertiary/aromatic N) is 5. The van der Waals surface area contributed by atoms with Gasteiger partial charge < -0.3 is 15.3 Å². The van der Waals surface area contributed by atoms with Gasteiger partial charge in [-0.05, 0) is 68.1 Å². The number of carbonyl (C=O) groups is 1. The number of carboxylic acid groups (broad SMARTS) is 1. The highest BCUT2D eigenvalue weighted by Gasteiger charge is 2.27. The maximum atomic E-state index is 11.2. The molecule has 0 aliphatic heterocycles. The summed E-state index contributed by atoms with van der Waals surface area (Å²) in [5.74, 6) is 1.75. The van der Waals surface area contributed by atoms with Gasteiger partial charge in [-0.1, -0.05) is 31.4 Å². The summed E-state index contributed by atoms with van der Waals surface area (Å²) in [5, 5.41) is 18.1. The molecule has 2 N–H and O–H groups in total. The highest BCUT2D eigenvalue weighted by molar-refractivity contribution is 5.75. The summed E-state index contributed by atoms with van der Waals surface area (Å²) in [6.45, 7) is 0.791. The molecule has 2 heterocycles. The molecule has 180 valence electrons. The van der Waals surface area contributed by atoms with E-state index in [0.29, 0.717) is 17.8 Å². The van der Waals surface area contributed by atoms with Gasteiger partial charge in [-0.3, -0.25) is 0 Å². The van der Waals surface area contributed by atoms with E-state index in [2.05, 4.69) is 39.7 Å². The Morgan fingerprint density at radius 3 is 2.50 bits per heavy atom. The van der Waals surface area contributed by atoms with Crippen LogP contribution in [-0.4, -0.2) is 48.9 Å². The van der Waals surface area contributed by atoms with E-state index in [0.717, 1.165) is 48.9 Å². The predicted molar refractivity (Wildman–Crippen MR) is 132 cm³/mol. The molecule has 0 atom stereocenters. The molecule has 2 saturated carbocycles. The largest absolute Gasteiger partial charge is 0.465 e. The SMILES string of the molecule is CN(C(=O)O)[C@H]1CC[C@H](Cn2ncc3cnc(Nc4ccc(C5CCCCC5)cc4)nc32)CC1. The second-order valence-electron chi connectivity index (χ2n) is 9.95. The molecule has 1 amide bonds. The molecular weight excluding hydrogens is 428 g/mol. The lowest BCUT2D eigenvalue weighted by Gasteiger charge is -2.33. The van der Waals surface area contributed by atoms with Gasteiger partial charge in [-0.2, -0.15) is 10.1 Å². The molecule has 2 fully saturated rings. The molecule has 5 rings (SSSR count). The number of amides is 1. The summed E-state index contributed by atoms with van der Waals surface area (Å²) in [4.78, 5) is 21.9. The quantitative estimate of drug-likeness (QED) is 0.482. The van der Waals surface area contributed by atoms with Gasteiger partial charge >= 0.3 is 6.09 Å². The van der Waals surface area contributed by atoms with Crippen molar-refractivity contribution in [2.75, 3.05) is 12.4 Å². The summed E-state index contributed by atoms with van der Waals surface area (Å²) in [5.41, 5.74) is 3.26. The number of rotatable bonds is 6. The highest BCUT2D eigenvalue weighted by Crippen LogP contribution is 2.33. The molecule has 0 spiro atoms. The second-order valence-corrected chi connectivity index (χ2v) is 9.95. The van der Waals surface area contributed by atoms with Crippen molar-refractivity contribution in [3.05, 3.63) is 42.2 Å². The number of benzene rings is 1. The Labute approximate surface area is 200 Å². The van der Waals surface area contributed by atoms with Crippen molar-refractivity contribution in [3.8, 4) is 0 Å². The summed E-state index contributed by atoms with van der Waals surface area (Å²) >= 11 is 0. The molecule has 0 radical (unpaired) electrons. The van der Waals surface area contributed by atoms with Crippen LogP contribution in [0.5, 0.6) is 0 Å². The maximum absolute atomic E-state index is 11.2. The van der Waals surface area contributed by atoms with Crippen LogP contribution in [0.4, 0.5) is 16.4 Å². The minimum absolute atomic E-state index is 0.116. The monoisotopic (exact) mass is 462 g/mol. The van der Waals surface area contributed by atoms with Crippen molar-refractivity contribution in [2.24, 2.45) is 5.92 Å². The summed E-state index contributed by atoms with van der Waals surface area (Å²) in [7, 11) is 1.67. The van der Waals surface area contributed by atoms with Gasteiger partial charge in [0.15, 0.2) is 5.65 Å². The molecule has 0 unspecified atom stereocenters. The van der Waals surface area contributed by atoms with Crippen molar-refractivity contribution in [2.45, 2.75) is 76.3 Å². The normalized spacial score (nSPS) is 21.4. The molecule has 1 aromatic carbocycles. The second kappa shape index (κ2) is 9.99. The Kier molecular flexibility index (Phi) is 6.65. The maximum Gasteiger partial charge on any atom is 0.407 e. The Morgan fingerprint density at radius 1 is 1.06 bits per heavy atom. The van der Waals surface area contributed by atoms with E-state index in [1.165, 1.54) is 42.6 Å². The zero-order chi connectivity index (χ0) is 23.5. The molecule has 3 aromatic rings. The third kappa shape index (κ3) is 5.00. The van der Waals surface area contributed by atoms with E-state index in [-0.39, 0.29) is 6.04 Å². The first-order chi connectivity index (χ1) is 16.6. The van der Waals surface area contributed by atoms with Gasteiger partial charge in [-0.25, -0.2) is 14.5 Å². The number of hydrogen-bond acceptors (Lipinski definition) is 5. The molecule has 2 aliphatic carbocycles. The van der Waals surface area contributed by atoms with Crippen LogP contribution >= 0.6 is 0 Å². The molecule has 2 aromatic heterocycles. The van der Waals surface area contributed by atoms with Crippen molar-refractivity contribution >= 4 is 28.8 Å². The fraction of sp³-hybridized carbons (Fsp3) is 0.538. The Bertz CT molecular complexity index is 1110. The lowest BCUT2D eigenvalue weighted by atomic mass is 9.84. The minimum atomic E-state index is -0.845. The lowest BCUT2D eigenvalue weighted by molar-refractivity contribution is 0.116. The Hall–Kier alpha value is -3.16. The molecule has 2 aliphatic rings. The number of fused-ring (bicyclic) bond motifs is 1. The van der Waals surface area contributed by atoms with Gasteiger partial charge in [0.1, 0.15) is 0 Å². The third-order valence-electron chi connectivity index (χ3n) is 7.72. The molecule has 8 nitrogen and oxygen atoms in total. The number of hydrogen-bond donors (Lipinski definition) is 2. The zero-order valence-corrected chi connectivity index (χ0v) is 19.9. The number of anilines is 2. The summed E-state index contributed by atoms with van der Waals surface area (Å²) < 4.78 is 1.97. The minimum Gasteiger partial charge on any atom is -0.465 e. The van der Waals surface area contributed by atoms with Gasteiger partial charge in [0.25, 0.3) is 0 Å². The average Bonchev–Trinajstić information content (AvgIpc) is 3.27.